The lowest BCUT2D eigenvalue weighted by Gasteiger charge is -2.05. The summed E-state index contributed by atoms with van der Waals surface area (Å²) in [4.78, 5) is 8.55. The minimum atomic E-state index is 0.613. The molecule has 0 saturated heterocycles. The highest BCUT2D eigenvalue weighted by molar-refractivity contribution is 9.10. The van der Waals surface area contributed by atoms with Gasteiger partial charge in [0, 0.05) is 17.3 Å². The van der Waals surface area contributed by atoms with Gasteiger partial charge in [-0.3, -0.25) is 0 Å². The second-order valence-electron chi connectivity index (χ2n) is 3.22. The van der Waals surface area contributed by atoms with Crippen molar-refractivity contribution in [3.63, 3.8) is 0 Å². The third kappa shape index (κ3) is 2.93. The van der Waals surface area contributed by atoms with Crippen molar-refractivity contribution in [2.45, 2.75) is 13.5 Å². The fourth-order valence-electron chi connectivity index (χ4n) is 1.19. The van der Waals surface area contributed by atoms with Gasteiger partial charge in [0.25, 0.3) is 0 Å². The van der Waals surface area contributed by atoms with Crippen LogP contribution in [0.5, 0.6) is 0 Å². The third-order valence-electron chi connectivity index (χ3n) is 1.88. The van der Waals surface area contributed by atoms with Gasteiger partial charge in [0.1, 0.15) is 10.8 Å². The maximum Gasteiger partial charge on any atom is 0.140 e. The number of halogens is 2. The van der Waals surface area contributed by atoms with E-state index in [1.807, 2.05) is 18.4 Å². The number of aromatic nitrogens is 2. The van der Waals surface area contributed by atoms with E-state index in [2.05, 4.69) is 31.2 Å². The van der Waals surface area contributed by atoms with Crippen LogP contribution in [-0.4, -0.2) is 9.97 Å². The number of nitrogens with zero attached hydrogens (tertiary/aromatic N) is 2. The van der Waals surface area contributed by atoms with Crippen molar-refractivity contribution in [1.82, 2.24) is 9.97 Å². The Morgan fingerprint density at radius 3 is 3.00 bits per heavy atom. The van der Waals surface area contributed by atoms with Gasteiger partial charge in [-0.1, -0.05) is 11.6 Å². The average molecular weight is 319 g/mol. The van der Waals surface area contributed by atoms with E-state index in [1.165, 1.54) is 0 Å². The van der Waals surface area contributed by atoms with Gasteiger partial charge in [0.05, 0.1) is 16.0 Å². The van der Waals surface area contributed by atoms with Crippen molar-refractivity contribution in [1.29, 1.82) is 0 Å². The zero-order valence-corrected chi connectivity index (χ0v) is 11.7. The van der Waals surface area contributed by atoms with E-state index >= 15 is 0 Å². The van der Waals surface area contributed by atoms with Crippen molar-refractivity contribution in [3.05, 3.63) is 37.8 Å². The number of thiazole rings is 1. The normalized spacial score (nSPS) is 10.4. The highest BCUT2D eigenvalue weighted by Crippen LogP contribution is 2.23. The Labute approximate surface area is 111 Å². The molecule has 2 aromatic heterocycles. The lowest BCUT2D eigenvalue weighted by molar-refractivity contribution is 1.05. The smallest absolute Gasteiger partial charge is 0.140 e. The molecule has 0 aliphatic heterocycles. The van der Waals surface area contributed by atoms with Gasteiger partial charge in [0.15, 0.2) is 0 Å². The topological polar surface area (TPSA) is 37.8 Å². The standard InChI is InChI=1S/C10H9BrClN3S/c1-6-5-16-9(15-6)4-14-10-8(11)2-7(12)3-13-10/h2-3,5H,4H2,1H3,(H,13,14). The molecule has 0 radical (unpaired) electrons. The molecule has 1 N–H and O–H groups in total. The number of rotatable bonds is 3. The predicted molar refractivity (Wildman–Crippen MR) is 71.1 cm³/mol. The molecule has 16 heavy (non-hydrogen) atoms. The van der Waals surface area contributed by atoms with Crippen LogP contribution in [0.25, 0.3) is 0 Å². The zero-order valence-electron chi connectivity index (χ0n) is 8.50. The molecule has 0 amide bonds. The quantitative estimate of drug-likeness (QED) is 0.933. The third-order valence-corrected chi connectivity index (χ3v) is 3.66. The summed E-state index contributed by atoms with van der Waals surface area (Å²) in [6.07, 6.45) is 1.61. The number of aryl methyl sites for hydroxylation is 1. The van der Waals surface area contributed by atoms with E-state index < -0.39 is 0 Å². The molecule has 0 aromatic carbocycles. The van der Waals surface area contributed by atoms with E-state index in [1.54, 1.807) is 17.5 Å². The van der Waals surface area contributed by atoms with Crippen LogP contribution < -0.4 is 5.32 Å². The molecule has 0 saturated carbocycles. The van der Waals surface area contributed by atoms with Gasteiger partial charge in [0.2, 0.25) is 0 Å². The van der Waals surface area contributed by atoms with Gasteiger partial charge in [-0.05, 0) is 28.9 Å². The molecular weight excluding hydrogens is 310 g/mol. The molecule has 0 fully saturated rings. The number of pyridine rings is 1. The predicted octanol–water partition coefficient (Wildman–Crippen LogP) is 3.87. The number of hydrogen-bond acceptors (Lipinski definition) is 4. The number of anilines is 1. The maximum absolute atomic E-state index is 5.81. The number of nitrogens with one attached hydrogen (secondary N) is 1. The first-order valence-electron chi connectivity index (χ1n) is 4.61. The summed E-state index contributed by atoms with van der Waals surface area (Å²) in [7, 11) is 0. The highest BCUT2D eigenvalue weighted by atomic mass is 79.9. The van der Waals surface area contributed by atoms with Crippen molar-refractivity contribution in [2.24, 2.45) is 0 Å². The Hall–Kier alpha value is -0.650. The van der Waals surface area contributed by atoms with Gasteiger partial charge >= 0.3 is 0 Å². The second kappa shape index (κ2) is 5.12. The number of hydrogen-bond donors (Lipinski definition) is 1. The molecular formula is C10H9BrClN3S. The summed E-state index contributed by atoms with van der Waals surface area (Å²) in [5.74, 6) is 0.775. The van der Waals surface area contributed by atoms with Crippen molar-refractivity contribution in [2.75, 3.05) is 5.32 Å². The summed E-state index contributed by atoms with van der Waals surface area (Å²) in [5, 5.41) is 6.89. The lowest BCUT2D eigenvalue weighted by Crippen LogP contribution is -2.01. The van der Waals surface area contributed by atoms with Gasteiger partial charge < -0.3 is 5.32 Å². The Kier molecular flexibility index (Phi) is 3.78. The molecule has 6 heteroatoms. The van der Waals surface area contributed by atoms with E-state index in [-0.39, 0.29) is 0 Å². The van der Waals surface area contributed by atoms with Gasteiger partial charge in [-0.15, -0.1) is 11.3 Å². The molecule has 0 aliphatic rings. The van der Waals surface area contributed by atoms with Crippen molar-refractivity contribution >= 4 is 44.7 Å². The summed E-state index contributed by atoms with van der Waals surface area (Å²) in [6.45, 7) is 2.65. The van der Waals surface area contributed by atoms with Crippen LogP contribution >= 0.6 is 38.9 Å². The van der Waals surface area contributed by atoms with Crippen LogP contribution in [0.2, 0.25) is 5.02 Å². The van der Waals surface area contributed by atoms with Crippen LogP contribution in [-0.2, 0) is 6.54 Å². The van der Waals surface area contributed by atoms with Gasteiger partial charge in [-0.25, -0.2) is 9.97 Å². The Balaban J connectivity index is 2.04. The molecule has 84 valence electrons. The fourth-order valence-corrected chi connectivity index (χ4v) is 2.68. The summed E-state index contributed by atoms with van der Waals surface area (Å²) in [6, 6.07) is 1.81. The largest absolute Gasteiger partial charge is 0.363 e. The first-order chi connectivity index (χ1) is 7.65. The molecule has 2 rings (SSSR count). The molecule has 0 aliphatic carbocycles. The zero-order chi connectivity index (χ0) is 11.5. The molecule has 0 spiro atoms. The highest BCUT2D eigenvalue weighted by Gasteiger charge is 2.03. The minimum Gasteiger partial charge on any atom is -0.363 e. The van der Waals surface area contributed by atoms with Crippen LogP contribution in [0.15, 0.2) is 22.1 Å². The average Bonchev–Trinajstić information content (AvgIpc) is 2.63. The second-order valence-corrected chi connectivity index (χ2v) is 5.45. The summed E-state index contributed by atoms with van der Waals surface area (Å²) >= 11 is 10.8. The van der Waals surface area contributed by atoms with E-state index in [9.17, 15) is 0 Å². The molecule has 0 unspecified atom stereocenters. The molecule has 0 bridgehead atoms. The lowest BCUT2D eigenvalue weighted by atomic mass is 10.4. The Morgan fingerprint density at radius 2 is 2.38 bits per heavy atom. The SMILES string of the molecule is Cc1csc(CNc2ncc(Cl)cc2Br)n1. The van der Waals surface area contributed by atoms with E-state index in [0.717, 1.165) is 21.0 Å². The maximum atomic E-state index is 5.81. The van der Waals surface area contributed by atoms with Crippen molar-refractivity contribution < 1.29 is 0 Å². The molecule has 0 atom stereocenters. The van der Waals surface area contributed by atoms with Crippen LogP contribution in [0.3, 0.4) is 0 Å². The summed E-state index contributed by atoms with van der Waals surface area (Å²) < 4.78 is 0.855. The van der Waals surface area contributed by atoms with Crippen LogP contribution in [0.1, 0.15) is 10.7 Å². The Morgan fingerprint density at radius 1 is 1.56 bits per heavy atom. The van der Waals surface area contributed by atoms with Crippen LogP contribution in [0.4, 0.5) is 5.82 Å². The van der Waals surface area contributed by atoms with E-state index in [4.69, 9.17) is 11.6 Å². The monoisotopic (exact) mass is 317 g/mol. The van der Waals surface area contributed by atoms with Gasteiger partial charge in [-0.2, -0.15) is 0 Å². The molecule has 2 heterocycles. The molecule has 3 nitrogen and oxygen atoms in total. The van der Waals surface area contributed by atoms with E-state index in [0.29, 0.717) is 11.6 Å². The van der Waals surface area contributed by atoms with Crippen LogP contribution in [0, 0.1) is 6.92 Å². The first-order valence-corrected chi connectivity index (χ1v) is 6.66. The summed E-state index contributed by atoms with van der Waals surface area (Å²) in [5.41, 5.74) is 1.05. The van der Waals surface area contributed by atoms with Crippen molar-refractivity contribution in [3.8, 4) is 0 Å². The molecule has 2 aromatic rings. The fraction of sp³-hybridized carbons (Fsp3) is 0.200. The minimum absolute atomic E-state index is 0.613. The first kappa shape index (κ1) is 11.8. The Bertz CT molecular complexity index is 501.